The van der Waals surface area contributed by atoms with E-state index in [-0.39, 0.29) is 59.5 Å². The molecule has 3 aromatic heterocycles. The Hall–Kier alpha value is -2.86. The first kappa shape index (κ1) is 27.7. The molecule has 1 saturated carbocycles. The van der Waals surface area contributed by atoms with Crippen LogP contribution in [0.5, 0.6) is 0 Å². The quantitative estimate of drug-likeness (QED) is 0.373. The van der Waals surface area contributed by atoms with Gasteiger partial charge in [0.15, 0.2) is 0 Å². The second-order valence-electron chi connectivity index (χ2n) is 10.4. The van der Waals surface area contributed by atoms with Crippen molar-refractivity contribution in [3.05, 3.63) is 83.4 Å². The van der Waals surface area contributed by atoms with E-state index in [1.54, 1.807) is 6.07 Å². The maximum Gasteiger partial charge on any atom is 1.00 e. The van der Waals surface area contributed by atoms with Gasteiger partial charge in [0.2, 0.25) is 16.0 Å². The molecule has 4 aromatic rings. The van der Waals surface area contributed by atoms with Gasteiger partial charge in [-0.3, -0.25) is 9.71 Å². The number of nitrogens with one attached hydrogen (secondary N) is 1. The van der Waals surface area contributed by atoms with Gasteiger partial charge in [0.05, 0.1) is 40.0 Å². The minimum Gasteiger partial charge on any atom is -1.00 e. The summed E-state index contributed by atoms with van der Waals surface area (Å²) in [4.78, 5) is 13.2. The summed E-state index contributed by atoms with van der Waals surface area (Å²) in [5.41, 5.74) is 3.00. The Bertz CT molecular complexity index is 1690. The van der Waals surface area contributed by atoms with E-state index in [0.29, 0.717) is 11.3 Å². The maximum atomic E-state index is 14.5. The normalized spacial score (nSPS) is 20.8. The molecule has 12 heteroatoms. The molecule has 0 spiro atoms. The van der Waals surface area contributed by atoms with Crippen molar-refractivity contribution >= 4 is 16.0 Å². The molecule has 196 valence electrons. The topological polar surface area (TPSA) is 111 Å². The first-order valence-electron chi connectivity index (χ1n) is 12.1. The van der Waals surface area contributed by atoms with Gasteiger partial charge in [0.1, 0.15) is 11.6 Å². The summed E-state index contributed by atoms with van der Waals surface area (Å²) in [7, 11) is -3.49. The van der Waals surface area contributed by atoms with Crippen LogP contribution >= 0.6 is 0 Å². The number of benzene rings is 1. The maximum absolute atomic E-state index is 14.5. The molecule has 3 heterocycles. The van der Waals surface area contributed by atoms with Crippen LogP contribution in [0.2, 0.25) is 0 Å². The molecule has 0 aliphatic heterocycles. The van der Waals surface area contributed by atoms with Gasteiger partial charge in [-0.05, 0) is 60.1 Å². The van der Waals surface area contributed by atoms with E-state index in [2.05, 4.69) is 38.7 Å². The monoisotopic (exact) mass is 558 g/mol. The van der Waals surface area contributed by atoms with E-state index in [9.17, 15) is 17.2 Å². The van der Waals surface area contributed by atoms with Crippen LogP contribution in [0.4, 0.5) is 14.7 Å². The van der Waals surface area contributed by atoms with Gasteiger partial charge in [-0.25, -0.2) is 27.2 Å². The van der Waals surface area contributed by atoms with Crippen molar-refractivity contribution in [3.63, 3.8) is 0 Å². The molecule has 1 aromatic carbocycles. The zero-order valence-corrected chi connectivity index (χ0v) is 24.7. The molecule has 0 radical (unpaired) electrons. The fourth-order valence-corrected chi connectivity index (χ4v) is 6.71. The fourth-order valence-electron chi connectivity index (χ4n) is 6.27. The minimum absolute atomic E-state index is 0. The predicted octanol–water partition coefficient (Wildman–Crippen LogP) is 1.97. The van der Waals surface area contributed by atoms with Gasteiger partial charge >= 0.3 is 29.6 Å². The van der Waals surface area contributed by atoms with E-state index in [0.717, 1.165) is 36.0 Å². The van der Waals surface area contributed by atoms with Gasteiger partial charge < -0.3 is 1.43 Å². The first-order valence-corrected chi connectivity index (χ1v) is 14.0. The van der Waals surface area contributed by atoms with E-state index < -0.39 is 27.1 Å². The number of sulfonamides is 1. The molecule has 39 heavy (non-hydrogen) atoms. The zero-order valence-electron chi connectivity index (χ0n) is 22.9. The number of pyridine rings is 1. The van der Waals surface area contributed by atoms with Crippen molar-refractivity contribution in [2.24, 2.45) is 5.41 Å². The third-order valence-corrected chi connectivity index (χ3v) is 8.57. The molecule has 8 nitrogen and oxygen atoms in total. The molecule has 2 atom stereocenters. The van der Waals surface area contributed by atoms with E-state index in [1.165, 1.54) is 30.6 Å². The third-order valence-electron chi connectivity index (χ3n) is 8.01. The second kappa shape index (κ2) is 9.65. The van der Waals surface area contributed by atoms with Gasteiger partial charge in [-0.1, -0.05) is 26.0 Å². The molecule has 1 N–H and O–H groups in total. The Morgan fingerprint density at radius 2 is 1.67 bits per heavy atom. The van der Waals surface area contributed by atoms with Crippen LogP contribution in [0.15, 0.2) is 54.9 Å². The molecule has 2 bridgehead atoms. The van der Waals surface area contributed by atoms with Crippen molar-refractivity contribution in [1.29, 1.82) is 0 Å². The van der Waals surface area contributed by atoms with Crippen LogP contribution in [0.25, 0.3) is 22.5 Å². The van der Waals surface area contributed by atoms with Gasteiger partial charge in [-0.15, -0.1) is 5.10 Å². The van der Waals surface area contributed by atoms with Crippen LogP contribution in [0.1, 0.15) is 51.0 Å². The minimum atomic E-state index is -3.49. The van der Waals surface area contributed by atoms with Gasteiger partial charge in [0.25, 0.3) is 0 Å². The summed E-state index contributed by atoms with van der Waals surface area (Å²) < 4.78 is 54.2. The number of aromatic nitrogens is 5. The Kier molecular flexibility index (Phi) is 6.85. The molecule has 0 unspecified atom stereocenters. The van der Waals surface area contributed by atoms with Crippen molar-refractivity contribution in [3.8, 4) is 22.5 Å². The first-order chi connectivity index (χ1) is 18.0. The average Bonchev–Trinajstić information content (AvgIpc) is 3.24. The standard InChI is InChI=1S/C27H24F2N6O2S.Na.H/c1-26(2)17-10-11-27(26,24-16(17)12-21(33-34-24)23-18(28)6-4-7-19(23)29)22-9-5-8-20(32-22)15-13-30-25(31-14-15)35-38(3,36)37;;/h4-9,12-14,17H,10-11H2,1-3H3,(H,30,31,35);;/q;+1;-1/t17-,27-;;/m0../s1. The average molecular weight is 559 g/mol. The molecule has 1 fully saturated rings. The summed E-state index contributed by atoms with van der Waals surface area (Å²) >= 11 is 0. The molecule has 6 rings (SSSR count). The Morgan fingerprint density at radius 1 is 1.00 bits per heavy atom. The van der Waals surface area contributed by atoms with Crippen molar-refractivity contribution in [1.82, 2.24) is 25.1 Å². The van der Waals surface area contributed by atoms with Crippen LogP contribution in [-0.2, 0) is 15.4 Å². The summed E-state index contributed by atoms with van der Waals surface area (Å²) in [5.74, 6) is -1.25. The van der Waals surface area contributed by atoms with Crippen LogP contribution in [0, 0.1) is 17.0 Å². The number of hydrogen-bond donors (Lipinski definition) is 1. The summed E-state index contributed by atoms with van der Waals surface area (Å²) in [6, 6.07) is 11.3. The Balaban J connectivity index is 0.00000185. The Labute approximate surface area is 248 Å². The Morgan fingerprint density at radius 3 is 2.33 bits per heavy atom. The van der Waals surface area contributed by atoms with Crippen LogP contribution < -0.4 is 34.3 Å². The second-order valence-corrected chi connectivity index (χ2v) is 12.2. The summed E-state index contributed by atoms with van der Waals surface area (Å²) in [5, 5.41) is 8.86. The van der Waals surface area contributed by atoms with Crippen LogP contribution in [-0.4, -0.2) is 39.8 Å². The number of hydrogen-bond acceptors (Lipinski definition) is 7. The number of rotatable bonds is 5. The molecule has 2 aliphatic carbocycles. The van der Waals surface area contributed by atoms with Gasteiger partial charge in [0, 0.05) is 18.0 Å². The number of fused-ring (bicyclic) bond motifs is 5. The largest absolute Gasteiger partial charge is 1.00 e. The SMILES string of the molecule is CC1(C)[C@H]2CC[C@]1(c1cccc(-c3cnc(NS(C)(=O)=O)nc3)n1)c1nnc(-c3c(F)cccc3F)cc12.[H-].[Na+]. The fraction of sp³-hybridized carbons (Fsp3) is 0.296. The smallest absolute Gasteiger partial charge is 1.00 e. The molecule has 0 saturated heterocycles. The molecular formula is C27H25F2N6NaO2S. The van der Waals surface area contributed by atoms with Crippen molar-refractivity contribution < 1.29 is 48.2 Å². The summed E-state index contributed by atoms with van der Waals surface area (Å²) in [6.07, 6.45) is 5.76. The molecular weight excluding hydrogens is 533 g/mol. The van der Waals surface area contributed by atoms with Crippen molar-refractivity contribution in [2.75, 3.05) is 11.0 Å². The number of halogens is 2. The number of anilines is 1. The molecule has 0 amide bonds. The van der Waals surface area contributed by atoms with E-state index >= 15 is 0 Å². The zero-order chi connectivity index (χ0) is 26.9. The molecule has 2 aliphatic rings. The third kappa shape index (κ3) is 4.35. The van der Waals surface area contributed by atoms with Crippen molar-refractivity contribution in [2.45, 2.75) is 38.0 Å². The van der Waals surface area contributed by atoms with Crippen LogP contribution in [0.3, 0.4) is 0 Å². The number of nitrogens with zero attached hydrogens (tertiary/aromatic N) is 5. The van der Waals surface area contributed by atoms with E-state index in [1.807, 2.05) is 18.2 Å². The van der Waals surface area contributed by atoms with Gasteiger partial charge in [-0.2, -0.15) is 5.10 Å². The summed E-state index contributed by atoms with van der Waals surface area (Å²) in [6.45, 7) is 4.36. The predicted molar refractivity (Wildman–Crippen MR) is 139 cm³/mol. The van der Waals surface area contributed by atoms with E-state index in [4.69, 9.17) is 4.98 Å².